The lowest BCUT2D eigenvalue weighted by Crippen LogP contribution is -2.64. The van der Waals surface area contributed by atoms with Gasteiger partial charge in [-0.3, -0.25) is 9.59 Å². The molecule has 0 saturated carbocycles. The second-order valence-electron chi connectivity index (χ2n) is 10.8. The van der Waals surface area contributed by atoms with E-state index in [4.69, 9.17) is 37.9 Å². The first-order chi connectivity index (χ1) is 22.1. The Morgan fingerprint density at radius 3 is 1.61 bits per heavy atom. The van der Waals surface area contributed by atoms with E-state index in [1.165, 1.54) is 13.8 Å². The fourth-order valence-corrected chi connectivity index (χ4v) is 4.77. The summed E-state index contributed by atoms with van der Waals surface area (Å²) >= 11 is 0. The monoisotopic (exact) mass is 672 g/mol. The lowest BCUT2D eigenvalue weighted by atomic mass is 9.97. The van der Waals surface area contributed by atoms with Crippen LogP contribution in [0.3, 0.4) is 0 Å². The first kappa shape index (κ1) is 40.6. The molecule has 18 nitrogen and oxygen atoms in total. The van der Waals surface area contributed by atoms with Crippen molar-refractivity contribution in [1.29, 1.82) is 0 Å². The van der Waals surface area contributed by atoms with Crippen molar-refractivity contribution < 1.29 is 78.1 Å². The van der Waals surface area contributed by atoms with Crippen LogP contribution in [0.2, 0.25) is 0 Å². The van der Waals surface area contributed by atoms with Crippen LogP contribution in [0.4, 0.5) is 0 Å². The van der Waals surface area contributed by atoms with Crippen molar-refractivity contribution in [1.82, 2.24) is 10.6 Å². The van der Waals surface area contributed by atoms with E-state index >= 15 is 0 Å². The van der Waals surface area contributed by atoms with Gasteiger partial charge in [0.2, 0.25) is 11.8 Å². The van der Waals surface area contributed by atoms with Crippen LogP contribution in [0.25, 0.3) is 0 Å². The predicted octanol–water partition coefficient (Wildman–Crippen LogP) is -4.25. The summed E-state index contributed by atoms with van der Waals surface area (Å²) in [5, 5.41) is 64.4. The fourth-order valence-electron chi connectivity index (χ4n) is 4.77. The van der Waals surface area contributed by atoms with E-state index in [0.717, 1.165) is 0 Å². The van der Waals surface area contributed by atoms with Crippen LogP contribution < -0.4 is 10.6 Å². The summed E-state index contributed by atoms with van der Waals surface area (Å²) in [4.78, 5) is 23.0. The molecular weight excluding hydrogens is 620 g/mol. The Kier molecular flexibility index (Phi) is 20.2. The van der Waals surface area contributed by atoms with Gasteiger partial charge in [0.15, 0.2) is 12.6 Å². The number of rotatable bonds is 22. The van der Waals surface area contributed by atoms with Crippen molar-refractivity contribution in [2.24, 2.45) is 0 Å². The fraction of sp³-hybridized carbons (Fsp3) is 0.929. The van der Waals surface area contributed by atoms with Gasteiger partial charge in [0, 0.05) is 33.5 Å². The highest BCUT2D eigenvalue weighted by atomic mass is 16.7. The SMILES string of the molecule is CC(=O)NC1CC(O)[C@@H](O)C(CO)O[C@H]1OCCOCCOCCCOCCOCCO[C@@H]1OC(CO)[C@H](O)C(O)C1NC(C)=O. The van der Waals surface area contributed by atoms with Gasteiger partial charge in [-0.1, -0.05) is 0 Å². The van der Waals surface area contributed by atoms with E-state index < -0.39 is 80.4 Å². The van der Waals surface area contributed by atoms with Crippen molar-refractivity contribution in [2.75, 3.05) is 79.3 Å². The number of aliphatic hydroxyl groups excluding tert-OH is 6. The van der Waals surface area contributed by atoms with Crippen molar-refractivity contribution >= 4 is 11.8 Å². The third-order valence-corrected chi connectivity index (χ3v) is 7.07. The van der Waals surface area contributed by atoms with E-state index in [1.54, 1.807) is 0 Å². The average Bonchev–Trinajstić information content (AvgIpc) is 3.12. The van der Waals surface area contributed by atoms with Gasteiger partial charge in [-0.25, -0.2) is 0 Å². The molecule has 18 heteroatoms. The highest BCUT2D eigenvalue weighted by Crippen LogP contribution is 2.23. The van der Waals surface area contributed by atoms with Crippen LogP contribution in [0, 0.1) is 0 Å². The third kappa shape index (κ3) is 14.7. The maximum Gasteiger partial charge on any atom is 0.217 e. The molecule has 8 N–H and O–H groups in total. The molecule has 2 amide bonds. The highest BCUT2D eigenvalue weighted by Gasteiger charge is 2.45. The van der Waals surface area contributed by atoms with Crippen molar-refractivity contribution in [3.63, 3.8) is 0 Å². The number of carbonyl (C=O) groups excluding carboxylic acids is 2. The minimum absolute atomic E-state index is 0.00641. The molecule has 0 radical (unpaired) electrons. The number of aliphatic hydroxyl groups is 6. The predicted molar refractivity (Wildman–Crippen MR) is 155 cm³/mol. The van der Waals surface area contributed by atoms with Crippen LogP contribution >= 0.6 is 0 Å². The lowest BCUT2D eigenvalue weighted by molar-refractivity contribution is -0.272. The number of hydrogen-bond donors (Lipinski definition) is 8. The smallest absolute Gasteiger partial charge is 0.217 e. The molecule has 2 fully saturated rings. The quantitative estimate of drug-likeness (QED) is 0.0507. The standard InChI is InChI=1S/C28H52N2O16/c1-17(33)29-19-14-20(35)24(36)21(15-31)45-27(19)43-12-10-41-8-6-39-4-3-5-40-7-9-42-11-13-44-28-23(30-18(2)34)26(38)25(37)22(16-32)46-28/h19-28,31-32,35-38H,3-16H2,1-2H3,(H,29,33)(H,30,34)/t19?,20?,21?,22?,23?,24-,25+,26?,27-,28-/m1/s1. The van der Waals surface area contributed by atoms with Crippen molar-refractivity contribution in [2.45, 2.75) is 88.0 Å². The minimum Gasteiger partial charge on any atom is -0.394 e. The van der Waals surface area contributed by atoms with Gasteiger partial charge in [-0.15, -0.1) is 0 Å². The Balaban J connectivity index is 1.46. The maximum absolute atomic E-state index is 11.5. The Hall–Kier alpha value is -1.62. The number of hydrogen-bond acceptors (Lipinski definition) is 16. The van der Waals surface area contributed by atoms with Gasteiger partial charge >= 0.3 is 0 Å². The normalized spacial score (nSPS) is 31.7. The summed E-state index contributed by atoms with van der Waals surface area (Å²) < 4.78 is 44.2. The zero-order valence-corrected chi connectivity index (χ0v) is 26.4. The molecule has 10 atom stereocenters. The second kappa shape index (κ2) is 22.9. The van der Waals surface area contributed by atoms with Gasteiger partial charge in [0.1, 0.15) is 36.6 Å². The molecule has 0 aliphatic carbocycles. The summed E-state index contributed by atoms with van der Waals surface area (Å²) in [5.74, 6) is -0.788. The largest absolute Gasteiger partial charge is 0.394 e. The van der Waals surface area contributed by atoms with Gasteiger partial charge < -0.3 is 79.2 Å². The van der Waals surface area contributed by atoms with Gasteiger partial charge in [0.25, 0.3) is 0 Å². The molecule has 2 heterocycles. The molecule has 0 bridgehead atoms. The summed E-state index contributed by atoms with van der Waals surface area (Å²) in [6.45, 7) is 4.34. The van der Waals surface area contributed by atoms with Crippen molar-refractivity contribution in [3.8, 4) is 0 Å². The lowest BCUT2D eigenvalue weighted by Gasteiger charge is -2.42. The molecule has 0 aromatic rings. The van der Waals surface area contributed by atoms with Crippen LogP contribution in [-0.2, 0) is 47.5 Å². The molecule has 6 unspecified atom stereocenters. The van der Waals surface area contributed by atoms with E-state index in [9.17, 15) is 40.2 Å². The van der Waals surface area contributed by atoms with E-state index in [-0.39, 0.29) is 38.8 Å². The first-order valence-corrected chi connectivity index (χ1v) is 15.4. The Morgan fingerprint density at radius 1 is 0.630 bits per heavy atom. The zero-order chi connectivity index (χ0) is 33.9. The minimum atomic E-state index is -1.38. The summed E-state index contributed by atoms with van der Waals surface area (Å²) in [6.07, 6.45) is -8.80. The number of ether oxygens (including phenoxy) is 8. The average molecular weight is 673 g/mol. The van der Waals surface area contributed by atoms with Crippen LogP contribution in [0.15, 0.2) is 0 Å². The maximum atomic E-state index is 11.5. The van der Waals surface area contributed by atoms with Crippen LogP contribution in [0.5, 0.6) is 0 Å². The molecule has 0 spiro atoms. The first-order valence-electron chi connectivity index (χ1n) is 15.4. The second-order valence-corrected chi connectivity index (χ2v) is 10.8. The molecule has 270 valence electrons. The molecule has 2 aliphatic rings. The van der Waals surface area contributed by atoms with Gasteiger partial charge in [-0.2, -0.15) is 0 Å². The van der Waals surface area contributed by atoms with Gasteiger partial charge in [-0.05, 0) is 6.42 Å². The van der Waals surface area contributed by atoms with Crippen molar-refractivity contribution in [3.05, 3.63) is 0 Å². The molecule has 0 aromatic carbocycles. The summed E-state index contributed by atoms with van der Waals surface area (Å²) in [7, 11) is 0. The Morgan fingerprint density at radius 2 is 1.09 bits per heavy atom. The topological polar surface area (TPSA) is 253 Å². The van der Waals surface area contributed by atoms with Crippen LogP contribution in [0.1, 0.15) is 26.7 Å². The van der Waals surface area contributed by atoms with E-state index in [2.05, 4.69) is 10.6 Å². The van der Waals surface area contributed by atoms with E-state index in [1.807, 2.05) is 0 Å². The molecule has 2 aliphatic heterocycles. The van der Waals surface area contributed by atoms with Crippen LogP contribution in [-0.4, -0.2) is 183 Å². The van der Waals surface area contributed by atoms with E-state index in [0.29, 0.717) is 46.1 Å². The van der Waals surface area contributed by atoms with Gasteiger partial charge in [0.05, 0.1) is 78.2 Å². The highest BCUT2D eigenvalue weighted by molar-refractivity contribution is 5.73. The molecular formula is C28H52N2O16. The number of nitrogens with one attached hydrogen (secondary N) is 2. The zero-order valence-electron chi connectivity index (χ0n) is 26.4. The number of amides is 2. The summed E-state index contributed by atoms with van der Waals surface area (Å²) in [6, 6.07) is -1.72. The molecule has 2 saturated heterocycles. The Labute approximate surface area is 268 Å². The molecule has 0 aromatic heterocycles. The molecule has 46 heavy (non-hydrogen) atoms. The summed E-state index contributed by atoms with van der Waals surface area (Å²) in [5.41, 5.74) is 0. The number of carbonyl (C=O) groups is 2. The Bertz CT molecular complexity index is 843. The third-order valence-electron chi connectivity index (χ3n) is 7.07. The molecule has 2 rings (SSSR count).